The van der Waals surface area contributed by atoms with Crippen molar-refractivity contribution in [3.63, 3.8) is 0 Å². The summed E-state index contributed by atoms with van der Waals surface area (Å²) in [6, 6.07) is 7.15. The fourth-order valence-corrected chi connectivity index (χ4v) is 3.75. The Bertz CT molecular complexity index is 1410. The summed E-state index contributed by atoms with van der Waals surface area (Å²) >= 11 is 0. The van der Waals surface area contributed by atoms with E-state index in [-0.39, 0.29) is 11.3 Å². The van der Waals surface area contributed by atoms with Crippen LogP contribution in [0.3, 0.4) is 0 Å². The number of nitrogens with one attached hydrogen (secondary N) is 2. The van der Waals surface area contributed by atoms with Gasteiger partial charge in [-0.1, -0.05) is 32.0 Å². The van der Waals surface area contributed by atoms with Crippen molar-refractivity contribution in [2.45, 2.75) is 33.1 Å². The number of anilines is 4. The van der Waals surface area contributed by atoms with E-state index in [2.05, 4.69) is 35.6 Å². The highest BCUT2D eigenvalue weighted by molar-refractivity contribution is 6.04. The van der Waals surface area contributed by atoms with Crippen LogP contribution in [-0.2, 0) is 10.2 Å². The van der Waals surface area contributed by atoms with Crippen molar-refractivity contribution >= 4 is 40.2 Å². The lowest BCUT2D eigenvalue weighted by Gasteiger charge is -2.26. The van der Waals surface area contributed by atoms with Gasteiger partial charge >= 0.3 is 0 Å². The topological polar surface area (TPSA) is 131 Å². The molecule has 1 aromatic carbocycles. The minimum Gasteiger partial charge on any atom is -0.378 e. The summed E-state index contributed by atoms with van der Waals surface area (Å²) in [7, 11) is 0. The van der Waals surface area contributed by atoms with Gasteiger partial charge < -0.3 is 24.8 Å². The summed E-state index contributed by atoms with van der Waals surface area (Å²) in [6.07, 6.45) is 3.16. The number of nitrogens with zero attached hydrogens (tertiary/aromatic N) is 6. The van der Waals surface area contributed by atoms with Gasteiger partial charge in [-0.2, -0.15) is 0 Å². The van der Waals surface area contributed by atoms with Crippen LogP contribution in [0.5, 0.6) is 0 Å². The molecular formula is C25H28N8O3. The zero-order chi connectivity index (χ0) is 25.3. The van der Waals surface area contributed by atoms with Gasteiger partial charge in [0, 0.05) is 35.8 Å². The maximum absolute atomic E-state index is 12.9. The number of hydrogen-bond acceptors (Lipinski definition) is 10. The Morgan fingerprint density at radius 2 is 1.89 bits per heavy atom. The van der Waals surface area contributed by atoms with Crippen LogP contribution in [0.1, 0.15) is 42.5 Å². The van der Waals surface area contributed by atoms with Gasteiger partial charge in [0.1, 0.15) is 23.1 Å². The number of fused-ring (bicyclic) bond motifs is 1. The van der Waals surface area contributed by atoms with Crippen molar-refractivity contribution in [1.29, 1.82) is 0 Å². The minimum atomic E-state index is -0.295. The molecule has 1 aliphatic heterocycles. The summed E-state index contributed by atoms with van der Waals surface area (Å²) in [5.41, 5.74) is 3.15. The molecule has 1 fully saturated rings. The van der Waals surface area contributed by atoms with Gasteiger partial charge in [0.2, 0.25) is 5.95 Å². The standard InChI is InChI=1S/C25H28N8O3/c1-15-5-6-16(23(34)30-20-12-19(36-32-20)25(2,3)4)11-17(15)29-22-21-18(27-14-28-22)13-26-24(31-21)33-7-9-35-10-8-33/h5-6,11-14H,7-10H2,1-4H3,(H,27,28,29)(H,30,32,34). The van der Waals surface area contributed by atoms with Crippen molar-refractivity contribution in [3.05, 3.63) is 53.7 Å². The molecule has 5 rings (SSSR count). The monoisotopic (exact) mass is 488 g/mol. The predicted octanol–water partition coefficient (Wildman–Crippen LogP) is 3.85. The van der Waals surface area contributed by atoms with Crippen LogP contribution in [0, 0.1) is 6.92 Å². The van der Waals surface area contributed by atoms with E-state index in [1.165, 1.54) is 6.33 Å². The Labute approximate surface area is 208 Å². The van der Waals surface area contributed by atoms with Gasteiger partial charge in [0.25, 0.3) is 5.91 Å². The predicted molar refractivity (Wildman–Crippen MR) is 136 cm³/mol. The van der Waals surface area contributed by atoms with Gasteiger partial charge in [0.15, 0.2) is 11.6 Å². The van der Waals surface area contributed by atoms with Crippen molar-refractivity contribution < 1.29 is 14.1 Å². The Morgan fingerprint density at radius 1 is 1.08 bits per heavy atom. The lowest BCUT2D eigenvalue weighted by molar-refractivity contribution is 0.102. The van der Waals surface area contributed by atoms with Crippen LogP contribution in [0.2, 0.25) is 0 Å². The normalized spacial score (nSPS) is 14.2. The molecule has 1 aliphatic rings. The third kappa shape index (κ3) is 4.96. The largest absolute Gasteiger partial charge is 0.378 e. The SMILES string of the molecule is Cc1ccc(C(=O)Nc2cc(C(C)(C)C)on2)cc1Nc1ncnc2cnc(N3CCOCC3)nc12. The number of aryl methyl sites for hydroxylation is 1. The Morgan fingerprint density at radius 3 is 2.64 bits per heavy atom. The zero-order valence-electron chi connectivity index (χ0n) is 20.7. The first-order valence-electron chi connectivity index (χ1n) is 11.7. The van der Waals surface area contributed by atoms with E-state index in [1.54, 1.807) is 24.4 Å². The molecule has 1 amide bonds. The van der Waals surface area contributed by atoms with Crippen LogP contribution < -0.4 is 15.5 Å². The van der Waals surface area contributed by atoms with E-state index in [4.69, 9.17) is 14.2 Å². The Balaban J connectivity index is 1.40. The first-order chi connectivity index (χ1) is 17.3. The number of ether oxygens (including phenoxy) is 1. The second-order valence-corrected chi connectivity index (χ2v) is 9.66. The van der Waals surface area contributed by atoms with Gasteiger partial charge in [-0.25, -0.2) is 19.9 Å². The lowest BCUT2D eigenvalue weighted by atomic mass is 9.93. The van der Waals surface area contributed by atoms with Crippen LogP contribution in [0.4, 0.5) is 23.3 Å². The molecule has 11 nitrogen and oxygen atoms in total. The number of benzene rings is 1. The highest BCUT2D eigenvalue weighted by Gasteiger charge is 2.21. The highest BCUT2D eigenvalue weighted by Crippen LogP contribution is 2.27. The first kappa shape index (κ1) is 23.6. The molecule has 4 aromatic rings. The smallest absolute Gasteiger partial charge is 0.256 e. The fourth-order valence-electron chi connectivity index (χ4n) is 3.75. The average molecular weight is 489 g/mol. The molecular weight excluding hydrogens is 460 g/mol. The average Bonchev–Trinajstić information content (AvgIpc) is 3.35. The molecule has 0 atom stereocenters. The number of amides is 1. The molecule has 0 unspecified atom stereocenters. The molecule has 186 valence electrons. The number of carbonyl (C=O) groups is 1. The Kier molecular flexibility index (Phi) is 6.23. The van der Waals surface area contributed by atoms with Gasteiger partial charge in [-0.3, -0.25) is 4.79 Å². The number of aromatic nitrogens is 5. The third-order valence-electron chi connectivity index (χ3n) is 5.90. The van der Waals surface area contributed by atoms with Crippen molar-refractivity contribution in [1.82, 2.24) is 25.1 Å². The maximum atomic E-state index is 12.9. The van der Waals surface area contributed by atoms with Crippen LogP contribution in [0.25, 0.3) is 11.0 Å². The zero-order valence-corrected chi connectivity index (χ0v) is 20.7. The highest BCUT2D eigenvalue weighted by atomic mass is 16.5. The Hall–Kier alpha value is -4.12. The van der Waals surface area contributed by atoms with Gasteiger partial charge in [-0.05, 0) is 24.6 Å². The van der Waals surface area contributed by atoms with Crippen LogP contribution in [0.15, 0.2) is 41.3 Å². The minimum absolute atomic E-state index is 0.206. The second kappa shape index (κ2) is 9.50. The molecule has 0 spiro atoms. The quantitative estimate of drug-likeness (QED) is 0.427. The van der Waals surface area contributed by atoms with Gasteiger partial charge in [-0.15, -0.1) is 0 Å². The summed E-state index contributed by atoms with van der Waals surface area (Å²) in [5.74, 6) is 1.91. The van der Waals surface area contributed by atoms with E-state index in [0.29, 0.717) is 53.2 Å². The van der Waals surface area contributed by atoms with E-state index in [0.717, 1.165) is 24.3 Å². The van der Waals surface area contributed by atoms with Crippen LogP contribution >= 0.6 is 0 Å². The summed E-state index contributed by atoms with van der Waals surface area (Å²) in [6.45, 7) is 10.7. The number of rotatable bonds is 5. The fraction of sp³-hybridized carbons (Fsp3) is 0.360. The maximum Gasteiger partial charge on any atom is 0.256 e. The van der Waals surface area contributed by atoms with E-state index < -0.39 is 0 Å². The van der Waals surface area contributed by atoms with Crippen LogP contribution in [-0.4, -0.2) is 57.3 Å². The molecule has 0 bridgehead atoms. The van der Waals surface area contributed by atoms with Gasteiger partial charge in [0.05, 0.1) is 19.4 Å². The third-order valence-corrected chi connectivity index (χ3v) is 5.90. The first-order valence-corrected chi connectivity index (χ1v) is 11.7. The lowest BCUT2D eigenvalue weighted by Crippen LogP contribution is -2.37. The molecule has 0 aliphatic carbocycles. The molecule has 3 aromatic heterocycles. The van der Waals surface area contributed by atoms with Crippen molar-refractivity contribution in [3.8, 4) is 0 Å². The second-order valence-electron chi connectivity index (χ2n) is 9.66. The summed E-state index contributed by atoms with van der Waals surface area (Å²) < 4.78 is 10.8. The number of carbonyl (C=O) groups excluding carboxylic acids is 1. The van der Waals surface area contributed by atoms with E-state index >= 15 is 0 Å². The van der Waals surface area contributed by atoms with Crippen molar-refractivity contribution in [2.75, 3.05) is 41.8 Å². The summed E-state index contributed by atoms with van der Waals surface area (Å²) in [4.78, 5) is 32.9. The summed E-state index contributed by atoms with van der Waals surface area (Å²) in [5, 5.41) is 10.1. The number of morpholine rings is 1. The van der Waals surface area contributed by atoms with E-state index in [1.807, 2.05) is 33.8 Å². The molecule has 36 heavy (non-hydrogen) atoms. The van der Waals surface area contributed by atoms with Crippen molar-refractivity contribution in [2.24, 2.45) is 0 Å². The number of hydrogen-bond donors (Lipinski definition) is 2. The van der Waals surface area contributed by atoms with E-state index in [9.17, 15) is 4.79 Å². The molecule has 1 saturated heterocycles. The molecule has 4 heterocycles. The molecule has 11 heteroatoms. The molecule has 2 N–H and O–H groups in total. The molecule has 0 radical (unpaired) electrons. The molecule has 0 saturated carbocycles.